The summed E-state index contributed by atoms with van der Waals surface area (Å²) in [6.07, 6.45) is 0.364. The highest BCUT2D eigenvalue weighted by molar-refractivity contribution is 5.93. The fourth-order valence-corrected chi connectivity index (χ4v) is 3.25. The average molecular weight is 371 g/mol. The van der Waals surface area contributed by atoms with Crippen molar-refractivity contribution in [3.63, 3.8) is 0 Å². The zero-order chi connectivity index (χ0) is 19.6. The normalized spacial score (nSPS) is 15.8. The van der Waals surface area contributed by atoms with E-state index in [0.717, 1.165) is 11.1 Å². The molecule has 27 heavy (non-hydrogen) atoms. The predicted octanol–water partition coefficient (Wildman–Crippen LogP) is 2.18. The number of furan rings is 1. The van der Waals surface area contributed by atoms with Gasteiger partial charge in [-0.3, -0.25) is 4.79 Å². The van der Waals surface area contributed by atoms with E-state index >= 15 is 0 Å². The van der Waals surface area contributed by atoms with Gasteiger partial charge in [0.1, 0.15) is 23.1 Å². The lowest BCUT2D eigenvalue weighted by molar-refractivity contribution is -0.155. The van der Waals surface area contributed by atoms with Crippen LogP contribution in [0.15, 0.2) is 34.7 Å². The molecular formula is C20H21NO6. The van der Waals surface area contributed by atoms with Gasteiger partial charge in [-0.1, -0.05) is 24.3 Å². The molecule has 7 nitrogen and oxygen atoms in total. The third kappa shape index (κ3) is 3.86. The van der Waals surface area contributed by atoms with E-state index in [-0.39, 0.29) is 12.1 Å². The van der Waals surface area contributed by atoms with Gasteiger partial charge in [0.15, 0.2) is 6.61 Å². The van der Waals surface area contributed by atoms with Crippen molar-refractivity contribution in [3.8, 4) is 0 Å². The summed E-state index contributed by atoms with van der Waals surface area (Å²) in [5.74, 6) is -0.560. The lowest BCUT2D eigenvalue weighted by Crippen LogP contribution is -2.50. The summed E-state index contributed by atoms with van der Waals surface area (Å²) in [6, 6.07) is 8.43. The smallest absolute Gasteiger partial charge is 0.342 e. The number of aryl methyl sites for hydroxylation is 2. The Kier molecular flexibility index (Phi) is 5.30. The molecule has 1 amide bonds. The lowest BCUT2D eigenvalue weighted by atomic mass is 9.94. The van der Waals surface area contributed by atoms with Crippen LogP contribution in [-0.2, 0) is 32.0 Å². The van der Waals surface area contributed by atoms with Gasteiger partial charge in [0.05, 0.1) is 7.11 Å². The number of fused-ring (bicyclic) bond motifs is 1. The van der Waals surface area contributed by atoms with E-state index in [0.29, 0.717) is 17.9 Å². The Balaban J connectivity index is 1.72. The van der Waals surface area contributed by atoms with Crippen molar-refractivity contribution in [3.05, 3.63) is 58.5 Å². The minimum Gasteiger partial charge on any atom is -0.467 e. The van der Waals surface area contributed by atoms with Gasteiger partial charge in [0, 0.05) is 13.0 Å². The van der Waals surface area contributed by atoms with Crippen LogP contribution in [0.1, 0.15) is 33.0 Å². The van der Waals surface area contributed by atoms with Gasteiger partial charge in [-0.2, -0.15) is 0 Å². The standard InChI is InChI=1S/C20H21NO6/c1-12-8-16(13(2)27-12)19(23)26-11-18(22)21-10-15-7-5-4-6-14(15)9-17(21)20(24)25-3/h4-8,17H,9-11H2,1-3H3/t17-/m1/s1. The molecule has 2 heterocycles. The molecule has 1 aliphatic rings. The van der Waals surface area contributed by atoms with Crippen LogP contribution in [0, 0.1) is 13.8 Å². The predicted molar refractivity (Wildman–Crippen MR) is 95.0 cm³/mol. The van der Waals surface area contributed by atoms with Gasteiger partial charge < -0.3 is 18.8 Å². The number of esters is 2. The summed E-state index contributed by atoms with van der Waals surface area (Å²) in [7, 11) is 1.29. The molecule has 1 atom stereocenters. The first-order chi connectivity index (χ1) is 12.9. The van der Waals surface area contributed by atoms with E-state index in [2.05, 4.69) is 0 Å². The van der Waals surface area contributed by atoms with Gasteiger partial charge in [-0.05, 0) is 31.0 Å². The third-order valence-corrected chi connectivity index (χ3v) is 4.63. The van der Waals surface area contributed by atoms with E-state index < -0.39 is 30.5 Å². The lowest BCUT2D eigenvalue weighted by Gasteiger charge is -2.35. The van der Waals surface area contributed by atoms with Gasteiger partial charge in [0.2, 0.25) is 0 Å². The second kappa shape index (κ2) is 7.65. The number of carbonyl (C=O) groups is 3. The highest BCUT2D eigenvalue weighted by atomic mass is 16.5. The van der Waals surface area contributed by atoms with E-state index in [1.54, 1.807) is 19.9 Å². The fourth-order valence-electron chi connectivity index (χ4n) is 3.25. The zero-order valence-corrected chi connectivity index (χ0v) is 15.5. The highest BCUT2D eigenvalue weighted by Crippen LogP contribution is 2.24. The van der Waals surface area contributed by atoms with Gasteiger partial charge in [0.25, 0.3) is 5.91 Å². The summed E-state index contributed by atoms with van der Waals surface area (Å²) in [6.45, 7) is 3.18. The SMILES string of the molecule is COC(=O)[C@H]1Cc2ccccc2CN1C(=O)COC(=O)c1cc(C)oc1C. The second-order valence-corrected chi connectivity index (χ2v) is 6.44. The van der Waals surface area contributed by atoms with Crippen LogP contribution in [0.5, 0.6) is 0 Å². The number of ether oxygens (including phenoxy) is 2. The molecule has 0 saturated heterocycles. The average Bonchev–Trinajstić information content (AvgIpc) is 3.02. The molecule has 0 fully saturated rings. The van der Waals surface area contributed by atoms with E-state index in [1.807, 2.05) is 24.3 Å². The Bertz CT molecular complexity index is 884. The largest absolute Gasteiger partial charge is 0.467 e. The number of amides is 1. The molecule has 7 heteroatoms. The monoisotopic (exact) mass is 371 g/mol. The van der Waals surface area contributed by atoms with Crippen molar-refractivity contribution < 1.29 is 28.3 Å². The van der Waals surface area contributed by atoms with Gasteiger partial charge in [-0.25, -0.2) is 9.59 Å². The fraction of sp³-hybridized carbons (Fsp3) is 0.350. The topological polar surface area (TPSA) is 86.0 Å². The third-order valence-electron chi connectivity index (χ3n) is 4.63. The summed E-state index contributed by atoms with van der Waals surface area (Å²) < 4.78 is 15.3. The summed E-state index contributed by atoms with van der Waals surface area (Å²) in [5, 5.41) is 0. The number of benzene rings is 1. The minimum absolute atomic E-state index is 0.260. The first kappa shape index (κ1) is 18.7. The van der Waals surface area contributed by atoms with Crippen molar-refractivity contribution >= 4 is 17.8 Å². The van der Waals surface area contributed by atoms with E-state index in [9.17, 15) is 14.4 Å². The van der Waals surface area contributed by atoms with Crippen LogP contribution in [0.25, 0.3) is 0 Å². The maximum absolute atomic E-state index is 12.7. The Morgan fingerprint density at radius 1 is 1.19 bits per heavy atom. The number of rotatable bonds is 4. The van der Waals surface area contributed by atoms with E-state index in [4.69, 9.17) is 13.9 Å². The Morgan fingerprint density at radius 2 is 1.89 bits per heavy atom. The van der Waals surface area contributed by atoms with Crippen molar-refractivity contribution in [2.45, 2.75) is 32.9 Å². The minimum atomic E-state index is -0.742. The van der Waals surface area contributed by atoms with Crippen LogP contribution in [0.4, 0.5) is 0 Å². The first-order valence-electron chi connectivity index (χ1n) is 8.59. The molecule has 0 unspecified atom stereocenters. The Labute approximate surface area is 156 Å². The van der Waals surface area contributed by atoms with Crippen molar-refractivity contribution in [1.29, 1.82) is 0 Å². The second-order valence-electron chi connectivity index (χ2n) is 6.44. The van der Waals surface area contributed by atoms with E-state index in [1.165, 1.54) is 12.0 Å². The van der Waals surface area contributed by atoms with Crippen LogP contribution in [-0.4, -0.2) is 42.5 Å². The molecular weight excluding hydrogens is 350 g/mol. The number of hydrogen-bond donors (Lipinski definition) is 0. The van der Waals surface area contributed by atoms with Crippen LogP contribution in [0.3, 0.4) is 0 Å². The van der Waals surface area contributed by atoms with Crippen molar-refractivity contribution in [1.82, 2.24) is 4.90 Å². The Hall–Kier alpha value is -3.09. The Morgan fingerprint density at radius 3 is 2.52 bits per heavy atom. The molecule has 1 aromatic heterocycles. The molecule has 1 aliphatic heterocycles. The summed E-state index contributed by atoms with van der Waals surface area (Å²) in [5.41, 5.74) is 2.24. The summed E-state index contributed by atoms with van der Waals surface area (Å²) in [4.78, 5) is 38.4. The zero-order valence-electron chi connectivity index (χ0n) is 15.5. The van der Waals surface area contributed by atoms with Gasteiger partial charge in [-0.15, -0.1) is 0 Å². The molecule has 0 spiro atoms. The van der Waals surface area contributed by atoms with Crippen LogP contribution in [0.2, 0.25) is 0 Å². The van der Waals surface area contributed by atoms with Crippen molar-refractivity contribution in [2.24, 2.45) is 0 Å². The van der Waals surface area contributed by atoms with Crippen LogP contribution < -0.4 is 0 Å². The summed E-state index contributed by atoms with van der Waals surface area (Å²) >= 11 is 0. The molecule has 3 rings (SSSR count). The number of methoxy groups -OCH3 is 1. The molecule has 2 aromatic rings. The number of nitrogens with zero attached hydrogens (tertiary/aromatic N) is 1. The highest BCUT2D eigenvalue weighted by Gasteiger charge is 2.35. The molecule has 0 bridgehead atoms. The molecule has 142 valence electrons. The van der Waals surface area contributed by atoms with Crippen molar-refractivity contribution in [2.75, 3.05) is 13.7 Å². The van der Waals surface area contributed by atoms with Crippen LogP contribution >= 0.6 is 0 Å². The van der Waals surface area contributed by atoms with Gasteiger partial charge >= 0.3 is 11.9 Å². The maximum atomic E-state index is 12.7. The molecule has 0 radical (unpaired) electrons. The molecule has 0 saturated carbocycles. The molecule has 0 N–H and O–H groups in total. The maximum Gasteiger partial charge on any atom is 0.342 e. The number of carbonyl (C=O) groups excluding carboxylic acids is 3. The quantitative estimate of drug-likeness (QED) is 0.766. The first-order valence-corrected chi connectivity index (χ1v) is 8.59. The molecule has 1 aromatic carbocycles. The molecule has 0 aliphatic carbocycles. The number of hydrogen-bond acceptors (Lipinski definition) is 6.